The molecule has 1 aliphatic heterocycles. The van der Waals surface area contributed by atoms with Crippen LogP contribution in [0.5, 0.6) is 0 Å². The summed E-state index contributed by atoms with van der Waals surface area (Å²) in [5, 5.41) is 0. The average Bonchev–Trinajstić information content (AvgIpc) is 2.82. The predicted octanol–water partition coefficient (Wildman–Crippen LogP) is 2.28. The summed E-state index contributed by atoms with van der Waals surface area (Å²) in [6.45, 7) is 1.17. The molecule has 1 aromatic carbocycles. The Balaban J connectivity index is 2.12. The normalized spacial score (nSPS) is 18.1. The first kappa shape index (κ1) is 10.4. The van der Waals surface area contributed by atoms with Gasteiger partial charge >= 0.3 is 0 Å². The zero-order chi connectivity index (χ0) is 11.7. The van der Waals surface area contributed by atoms with Gasteiger partial charge in [-0.1, -0.05) is 24.3 Å². The van der Waals surface area contributed by atoms with E-state index in [2.05, 4.69) is 29.2 Å². The molecule has 1 aliphatic rings. The molecule has 0 saturated carbocycles. The van der Waals surface area contributed by atoms with Gasteiger partial charge in [-0.05, 0) is 22.8 Å². The first-order valence-electron chi connectivity index (χ1n) is 5.74. The van der Waals surface area contributed by atoms with Crippen LogP contribution in [-0.2, 0) is 11.3 Å². The molecule has 1 atom stereocenters. The van der Waals surface area contributed by atoms with E-state index >= 15 is 0 Å². The molecule has 0 unspecified atom stereocenters. The molecule has 3 rings (SSSR count). The van der Waals surface area contributed by atoms with Gasteiger partial charge in [0.2, 0.25) is 0 Å². The first-order chi connectivity index (χ1) is 8.40. The van der Waals surface area contributed by atoms with Crippen LogP contribution in [0.3, 0.4) is 0 Å². The van der Waals surface area contributed by atoms with Gasteiger partial charge in [-0.2, -0.15) is 0 Å². The molecule has 2 aromatic rings. The molecule has 0 fully saturated rings. The molecule has 3 heteroatoms. The number of pyridine rings is 1. The van der Waals surface area contributed by atoms with Crippen molar-refractivity contribution < 1.29 is 4.74 Å². The second-order valence-corrected chi connectivity index (χ2v) is 4.15. The summed E-state index contributed by atoms with van der Waals surface area (Å²) < 4.78 is 5.69. The van der Waals surface area contributed by atoms with Crippen molar-refractivity contribution in [3.05, 3.63) is 53.9 Å². The van der Waals surface area contributed by atoms with E-state index < -0.39 is 0 Å². The largest absolute Gasteiger partial charge is 0.367 e. The van der Waals surface area contributed by atoms with Crippen molar-refractivity contribution in [3.8, 4) is 11.1 Å². The summed E-state index contributed by atoms with van der Waals surface area (Å²) in [6, 6.07) is 10.3. The minimum atomic E-state index is 0.0432. The number of nitrogens with zero attached hydrogens (tertiary/aromatic N) is 1. The van der Waals surface area contributed by atoms with Crippen molar-refractivity contribution in [2.75, 3.05) is 6.54 Å². The second-order valence-electron chi connectivity index (χ2n) is 4.15. The monoisotopic (exact) mass is 226 g/mol. The standard InChI is InChI=1S/C14H14N2O/c15-7-14-12-5-1-4-11(13(12)9-17-14)10-3-2-6-16-8-10/h1-6,8,14H,7,9,15H2/t14-/m1/s1. The first-order valence-corrected chi connectivity index (χ1v) is 5.74. The maximum absolute atomic E-state index is 5.70. The number of nitrogens with two attached hydrogens (primary N) is 1. The Morgan fingerprint density at radius 3 is 3.00 bits per heavy atom. The van der Waals surface area contributed by atoms with E-state index in [1.165, 1.54) is 16.7 Å². The Morgan fingerprint density at radius 2 is 2.24 bits per heavy atom. The molecule has 1 aromatic heterocycles. The second kappa shape index (κ2) is 4.28. The van der Waals surface area contributed by atoms with Crippen LogP contribution in [0, 0.1) is 0 Å². The molecule has 3 nitrogen and oxygen atoms in total. The van der Waals surface area contributed by atoms with Gasteiger partial charge in [0.1, 0.15) is 0 Å². The molecule has 0 saturated heterocycles. The van der Waals surface area contributed by atoms with Gasteiger partial charge in [0, 0.05) is 24.5 Å². The van der Waals surface area contributed by atoms with Gasteiger partial charge < -0.3 is 10.5 Å². The lowest BCUT2D eigenvalue weighted by Gasteiger charge is -2.09. The number of hydrogen-bond donors (Lipinski definition) is 1. The molecular weight excluding hydrogens is 212 g/mol. The third-order valence-electron chi connectivity index (χ3n) is 3.17. The smallest absolute Gasteiger partial charge is 0.0955 e. The Bertz CT molecular complexity index is 525. The molecule has 0 radical (unpaired) electrons. The SMILES string of the molecule is NC[C@H]1OCc2c(-c3cccnc3)cccc21. The van der Waals surface area contributed by atoms with Crippen LogP contribution < -0.4 is 5.73 Å². The zero-order valence-corrected chi connectivity index (χ0v) is 9.47. The van der Waals surface area contributed by atoms with Gasteiger partial charge in [-0.3, -0.25) is 4.98 Å². The van der Waals surface area contributed by atoms with Crippen LogP contribution >= 0.6 is 0 Å². The van der Waals surface area contributed by atoms with E-state index in [1.807, 2.05) is 12.3 Å². The molecule has 17 heavy (non-hydrogen) atoms. The average molecular weight is 226 g/mol. The summed E-state index contributed by atoms with van der Waals surface area (Å²) in [7, 11) is 0. The summed E-state index contributed by atoms with van der Waals surface area (Å²) in [6.07, 6.45) is 3.71. The van der Waals surface area contributed by atoms with Crippen LogP contribution in [0.2, 0.25) is 0 Å². The molecule has 0 bridgehead atoms. The highest BCUT2D eigenvalue weighted by Crippen LogP contribution is 2.36. The van der Waals surface area contributed by atoms with Crippen molar-refractivity contribution in [2.45, 2.75) is 12.7 Å². The minimum absolute atomic E-state index is 0.0432. The van der Waals surface area contributed by atoms with Gasteiger partial charge in [0.15, 0.2) is 0 Å². The topological polar surface area (TPSA) is 48.1 Å². The highest BCUT2D eigenvalue weighted by atomic mass is 16.5. The van der Waals surface area contributed by atoms with E-state index in [9.17, 15) is 0 Å². The van der Waals surface area contributed by atoms with Crippen LogP contribution in [0.15, 0.2) is 42.7 Å². The molecule has 0 aliphatic carbocycles. The maximum Gasteiger partial charge on any atom is 0.0955 e. The van der Waals surface area contributed by atoms with Crippen molar-refractivity contribution in [3.63, 3.8) is 0 Å². The molecule has 0 amide bonds. The van der Waals surface area contributed by atoms with E-state index in [4.69, 9.17) is 10.5 Å². The van der Waals surface area contributed by atoms with E-state index in [0.717, 1.165) is 5.56 Å². The Morgan fingerprint density at radius 1 is 1.29 bits per heavy atom. The van der Waals surface area contributed by atoms with Gasteiger partial charge in [0.05, 0.1) is 12.7 Å². The molecule has 86 valence electrons. The van der Waals surface area contributed by atoms with E-state index in [0.29, 0.717) is 13.2 Å². The number of ether oxygens (including phenoxy) is 1. The number of aromatic nitrogens is 1. The minimum Gasteiger partial charge on any atom is -0.367 e. The Hall–Kier alpha value is -1.71. The van der Waals surface area contributed by atoms with Crippen LogP contribution in [-0.4, -0.2) is 11.5 Å². The summed E-state index contributed by atoms with van der Waals surface area (Å²) >= 11 is 0. The van der Waals surface area contributed by atoms with Crippen LogP contribution in [0.25, 0.3) is 11.1 Å². The molecular formula is C14H14N2O. The lowest BCUT2D eigenvalue weighted by Crippen LogP contribution is -2.10. The highest BCUT2D eigenvalue weighted by Gasteiger charge is 2.24. The summed E-state index contributed by atoms with van der Waals surface area (Å²) in [5.41, 5.74) is 10.5. The molecule has 2 heterocycles. The van der Waals surface area contributed by atoms with E-state index in [-0.39, 0.29) is 6.10 Å². The fourth-order valence-electron chi connectivity index (χ4n) is 2.33. The van der Waals surface area contributed by atoms with Gasteiger partial charge in [0.25, 0.3) is 0 Å². The van der Waals surface area contributed by atoms with Gasteiger partial charge in [-0.25, -0.2) is 0 Å². The number of rotatable bonds is 2. The number of hydrogen-bond acceptors (Lipinski definition) is 3. The van der Waals surface area contributed by atoms with Crippen molar-refractivity contribution in [1.29, 1.82) is 0 Å². The maximum atomic E-state index is 5.70. The predicted molar refractivity (Wildman–Crippen MR) is 66.3 cm³/mol. The lowest BCUT2D eigenvalue weighted by molar-refractivity contribution is 0.0725. The summed E-state index contributed by atoms with van der Waals surface area (Å²) in [5.74, 6) is 0. The Labute approximate surface area is 100 Å². The number of benzene rings is 1. The van der Waals surface area contributed by atoms with Gasteiger partial charge in [-0.15, -0.1) is 0 Å². The highest BCUT2D eigenvalue weighted by molar-refractivity contribution is 5.68. The fraction of sp³-hybridized carbons (Fsp3) is 0.214. The third kappa shape index (κ3) is 1.73. The van der Waals surface area contributed by atoms with Crippen molar-refractivity contribution >= 4 is 0 Å². The lowest BCUT2D eigenvalue weighted by atomic mass is 9.96. The van der Waals surface area contributed by atoms with E-state index in [1.54, 1.807) is 6.20 Å². The number of fused-ring (bicyclic) bond motifs is 1. The van der Waals surface area contributed by atoms with Crippen LogP contribution in [0.1, 0.15) is 17.2 Å². The van der Waals surface area contributed by atoms with Crippen LogP contribution in [0.4, 0.5) is 0 Å². The molecule has 2 N–H and O–H groups in total. The fourth-order valence-corrected chi connectivity index (χ4v) is 2.33. The summed E-state index contributed by atoms with van der Waals surface area (Å²) in [4.78, 5) is 4.16. The van der Waals surface area contributed by atoms with Crippen molar-refractivity contribution in [1.82, 2.24) is 4.98 Å². The third-order valence-corrected chi connectivity index (χ3v) is 3.17. The van der Waals surface area contributed by atoms with Crippen molar-refractivity contribution in [2.24, 2.45) is 5.73 Å². The quantitative estimate of drug-likeness (QED) is 0.854. The Kier molecular flexibility index (Phi) is 2.63. The zero-order valence-electron chi connectivity index (χ0n) is 9.47. The molecule has 0 spiro atoms.